The highest BCUT2D eigenvalue weighted by atomic mass is 19.4. The molecule has 1 rings (SSSR count). The summed E-state index contributed by atoms with van der Waals surface area (Å²) in [5.41, 5.74) is 0.578. The van der Waals surface area contributed by atoms with Crippen molar-refractivity contribution in [2.75, 3.05) is 26.7 Å². The van der Waals surface area contributed by atoms with Crippen molar-refractivity contribution in [3.63, 3.8) is 0 Å². The zero-order valence-electron chi connectivity index (χ0n) is 11.7. The summed E-state index contributed by atoms with van der Waals surface area (Å²) in [6.07, 6.45) is -4.60. The lowest BCUT2D eigenvalue weighted by Gasteiger charge is -2.25. The number of hydrogen-bond acceptors (Lipinski definition) is 3. The van der Waals surface area contributed by atoms with E-state index in [0.717, 1.165) is 0 Å². The Morgan fingerprint density at radius 3 is 2.30 bits per heavy atom. The minimum absolute atomic E-state index is 0.0420. The van der Waals surface area contributed by atoms with Crippen LogP contribution >= 0.6 is 0 Å². The van der Waals surface area contributed by atoms with Crippen molar-refractivity contribution in [3.8, 4) is 5.75 Å². The normalized spacial score (nSPS) is 13.6. The minimum atomic E-state index is -4.26. The quantitative estimate of drug-likeness (QED) is 0.838. The van der Waals surface area contributed by atoms with Crippen LogP contribution in [0, 0.1) is 0 Å². The summed E-state index contributed by atoms with van der Waals surface area (Å²) >= 11 is 0. The molecule has 3 nitrogen and oxygen atoms in total. The fourth-order valence-corrected chi connectivity index (χ4v) is 1.98. The van der Waals surface area contributed by atoms with Crippen LogP contribution in [0.1, 0.15) is 25.0 Å². The van der Waals surface area contributed by atoms with E-state index >= 15 is 0 Å². The third-order valence-electron chi connectivity index (χ3n) is 2.87. The highest BCUT2D eigenvalue weighted by Gasteiger charge is 2.31. The number of rotatable bonds is 7. The van der Waals surface area contributed by atoms with E-state index in [2.05, 4.69) is 0 Å². The fourth-order valence-electron chi connectivity index (χ4n) is 1.98. The van der Waals surface area contributed by atoms with E-state index in [1.54, 1.807) is 24.3 Å². The van der Waals surface area contributed by atoms with Gasteiger partial charge in [-0.2, -0.15) is 13.2 Å². The van der Waals surface area contributed by atoms with Crippen LogP contribution in [0.2, 0.25) is 0 Å². The van der Waals surface area contributed by atoms with Crippen molar-refractivity contribution < 1.29 is 23.0 Å². The number of ether oxygens (including phenoxy) is 1. The molecule has 0 amide bonds. The third-order valence-corrected chi connectivity index (χ3v) is 2.87. The van der Waals surface area contributed by atoms with Crippen molar-refractivity contribution in [2.24, 2.45) is 0 Å². The molecule has 1 unspecified atom stereocenters. The molecular formula is C14H20F3NO2. The first-order valence-electron chi connectivity index (χ1n) is 6.47. The van der Waals surface area contributed by atoms with Gasteiger partial charge in [-0.25, -0.2) is 0 Å². The van der Waals surface area contributed by atoms with Gasteiger partial charge in [0.2, 0.25) is 0 Å². The number of alkyl halides is 3. The van der Waals surface area contributed by atoms with Gasteiger partial charge >= 0.3 is 6.18 Å². The first-order chi connectivity index (χ1) is 9.35. The molecule has 0 saturated heterocycles. The van der Waals surface area contributed by atoms with Crippen LogP contribution in [-0.2, 0) is 0 Å². The van der Waals surface area contributed by atoms with E-state index in [1.807, 2.05) is 6.92 Å². The zero-order chi connectivity index (χ0) is 15.2. The van der Waals surface area contributed by atoms with Crippen LogP contribution in [0.3, 0.4) is 0 Å². The van der Waals surface area contributed by atoms with Crippen LogP contribution < -0.4 is 4.74 Å². The van der Waals surface area contributed by atoms with Crippen molar-refractivity contribution in [2.45, 2.75) is 25.6 Å². The monoisotopic (exact) mass is 291 g/mol. The summed E-state index contributed by atoms with van der Waals surface area (Å²) in [5.74, 6) is 0.640. The molecule has 0 aliphatic heterocycles. The molecular weight excluding hydrogens is 271 g/mol. The number of benzene rings is 1. The Kier molecular flexibility index (Phi) is 6.29. The second-order valence-corrected chi connectivity index (χ2v) is 4.64. The maximum absolute atomic E-state index is 12.4. The van der Waals surface area contributed by atoms with Crippen LogP contribution in [0.15, 0.2) is 24.3 Å². The molecule has 1 aromatic carbocycles. The average Bonchev–Trinajstić information content (AvgIpc) is 2.37. The molecule has 1 atom stereocenters. The van der Waals surface area contributed by atoms with Gasteiger partial charge in [0.1, 0.15) is 5.75 Å². The van der Waals surface area contributed by atoms with E-state index in [0.29, 0.717) is 24.3 Å². The lowest BCUT2D eigenvalue weighted by molar-refractivity contribution is -0.148. The van der Waals surface area contributed by atoms with E-state index in [1.165, 1.54) is 12.0 Å². The topological polar surface area (TPSA) is 32.7 Å². The second-order valence-electron chi connectivity index (χ2n) is 4.64. The minimum Gasteiger partial charge on any atom is -0.497 e. The van der Waals surface area contributed by atoms with Gasteiger partial charge in [0.15, 0.2) is 0 Å². The lowest BCUT2D eigenvalue weighted by Crippen LogP contribution is -2.37. The summed E-state index contributed by atoms with van der Waals surface area (Å²) in [7, 11) is 1.53. The third kappa shape index (κ3) is 5.79. The van der Waals surface area contributed by atoms with Crippen LogP contribution in [0.25, 0.3) is 0 Å². The van der Waals surface area contributed by atoms with Gasteiger partial charge in [-0.05, 0) is 30.7 Å². The Hall–Kier alpha value is -1.27. The number of hydrogen-bond donors (Lipinski definition) is 1. The van der Waals surface area contributed by atoms with E-state index in [9.17, 15) is 18.3 Å². The Labute approximate surface area is 117 Å². The molecule has 0 fully saturated rings. The molecule has 1 aromatic rings. The molecule has 0 spiro atoms. The molecule has 0 heterocycles. The van der Waals surface area contributed by atoms with Crippen LogP contribution in [-0.4, -0.2) is 42.9 Å². The first kappa shape index (κ1) is 16.8. The summed E-state index contributed by atoms with van der Waals surface area (Å²) in [6.45, 7) is 1.06. The smallest absolute Gasteiger partial charge is 0.401 e. The predicted octanol–water partition coefficient (Wildman–Crippen LogP) is 3.00. The summed E-state index contributed by atoms with van der Waals surface area (Å²) in [6, 6.07) is 6.65. The van der Waals surface area contributed by atoms with E-state index in [4.69, 9.17) is 4.74 Å². The molecule has 6 heteroatoms. The maximum Gasteiger partial charge on any atom is 0.401 e. The van der Waals surface area contributed by atoms with E-state index < -0.39 is 18.8 Å². The molecule has 0 saturated carbocycles. The van der Waals surface area contributed by atoms with Crippen molar-refractivity contribution >= 4 is 0 Å². The number of aliphatic hydroxyl groups excluding tert-OH is 1. The maximum atomic E-state index is 12.4. The molecule has 114 valence electrons. The van der Waals surface area contributed by atoms with Gasteiger partial charge < -0.3 is 9.84 Å². The van der Waals surface area contributed by atoms with Gasteiger partial charge in [0.25, 0.3) is 0 Å². The SMILES string of the molecule is CCCN(CC(O)c1ccc(OC)cc1)CC(F)(F)F. The van der Waals surface area contributed by atoms with Crippen LogP contribution in [0.4, 0.5) is 13.2 Å². The molecule has 1 N–H and O–H groups in total. The molecule has 0 aliphatic rings. The molecule has 0 bridgehead atoms. The summed E-state index contributed by atoms with van der Waals surface area (Å²) < 4.78 is 42.3. The first-order valence-corrected chi connectivity index (χ1v) is 6.47. The van der Waals surface area contributed by atoms with Gasteiger partial charge in [0.05, 0.1) is 19.8 Å². The second kappa shape index (κ2) is 7.50. The lowest BCUT2D eigenvalue weighted by atomic mass is 10.1. The van der Waals surface area contributed by atoms with Crippen molar-refractivity contribution in [1.29, 1.82) is 0 Å². The molecule has 0 aliphatic carbocycles. The summed E-state index contributed by atoms with van der Waals surface area (Å²) in [5, 5.41) is 10.0. The van der Waals surface area contributed by atoms with Crippen molar-refractivity contribution in [3.05, 3.63) is 29.8 Å². The largest absolute Gasteiger partial charge is 0.497 e. The highest BCUT2D eigenvalue weighted by Crippen LogP contribution is 2.21. The number of methoxy groups -OCH3 is 1. The van der Waals surface area contributed by atoms with Gasteiger partial charge in [-0.15, -0.1) is 0 Å². The van der Waals surface area contributed by atoms with Gasteiger partial charge in [-0.3, -0.25) is 4.90 Å². The number of nitrogens with zero attached hydrogens (tertiary/aromatic N) is 1. The zero-order valence-corrected chi connectivity index (χ0v) is 11.7. The highest BCUT2D eigenvalue weighted by molar-refractivity contribution is 5.28. The summed E-state index contributed by atoms with van der Waals surface area (Å²) in [4.78, 5) is 1.22. The Morgan fingerprint density at radius 1 is 1.25 bits per heavy atom. The van der Waals surface area contributed by atoms with Crippen LogP contribution in [0.5, 0.6) is 5.75 Å². The van der Waals surface area contributed by atoms with Gasteiger partial charge in [0, 0.05) is 6.54 Å². The molecule has 0 aromatic heterocycles. The Balaban J connectivity index is 2.66. The molecule has 0 radical (unpaired) electrons. The number of aliphatic hydroxyl groups is 1. The standard InChI is InChI=1S/C14H20F3NO2/c1-3-8-18(10-14(15,16)17)9-13(19)11-4-6-12(20-2)7-5-11/h4-7,13,19H,3,8-10H2,1-2H3. The van der Waals surface area contributed by atoms with E-state index in [-0.39, 0.29) is 6.54 Å². The fraction of sp³-hybridized carbons (Fsp3) is 0.571. The average molecular weight is 291 g/mol. The Morgan fingerprint density at radius 2 is 1.85 bits per heavy atom. The Bertz CT molecular complexity index is 392. The number of halogens is 3. The van der Waals surface area contributed by atoms with Gasteiger partial charge in [-0.1, -0.05) is 19.1 Å². The van der Waals surface area contributed by atoms with Crippen molar-refractivity contribution in [1.82, 2.24) is 4.90 Å². The predicted molar refractivity (Wildman–Crippen MR) is 70.7 cm³/mol. The molecule has 20 heavy (non-hydrogen) atoms.